The van der Waals surface area contributed by atoms with Crippen LogP contribution in [0, 0.1) is 23.7 Å². The second kappa shape index (κ2) is 10.0. The predicted octanol–water partition coefficient (Wildman–Crippen LogP) is 5.23. The average Bonchev–Trinajstić information content (AvgIpc) is 2.39. The second-order valence-corrected chi connectivity index (χ2v) is 6.69. The fourth-order valence-electron chi connectivity index (χ4n) is 2.92. The molecular formula is C18H34O2. The van der Waals surface area contributed by atoms with Crippen LogP contribution in [0.2, 0.25) is 0 Å². The molecule has 2 heteroatoms. The second-order valence-electron chi connectivity index (χ2n) is 6.69. The van der Waals surface area contributed by atoms with Gasteiger partial charge in [0.1, 0.15) is 0 Å². The largest absolute Gasteiger partial charge is 0.462 e. The topological polar surface area (TPSA) is 26.3 Å². The van der Waals surface area contributed by atoms with Crippen LogP contribution in [-0.2, 0) is 9.53 Å². The minimum Gasteiger partial charge on any atom is -0.462 e. The molecule has 118 valence electrons. The number of hydrogen-bond donors (Lipinski definition) is 0. The molecular weight excluding hydrogens is 248 g/mol. The molecule has 0 aliphatic heterocycles. The summed E-state index contributed by atoms with van der Waals surface area (Å²) in [5.74, 6) is 2.44. The van der Waals surface area contributed by atoms with Crippen molar-refractivity contribution in [1.29, 1.82) is 0 Å². The maximum Gasteiger partial charge on any atom is 0.333 e. The van der Waals surface area contributed by atoms with Crippen molar-refractivity contribution in [2.75, 3.05) is 6.61 Å². The summed E-state index contributed by atoms with van der Waals surface area (Å²) in [4.78, 5) is 11.4. The lowest BCUT2D eigenvalue weighted by molar-refractivity contribution is -0.140. The van der Waals surface area contributed by atoms with Crippen molar-refractivity contribution < 1.29 is 9.53 Å². The Morgan fingerprint density at radius 1 is 1.05 bits per heavy atom. The zero-order chi connectivity index (χ0) is 15.7. The van der Waals surface area contributed by atoms with Gasteiger partial charge in [0.2, 0.25) is 0 Å². The van der Waals surface area contributed by atoms with Crippen molar-refractivity contribution >= 4 is 5.97 Å². The van der Waals surface area contributed by atoms with Crippen LogP contribution in [0.5, 0.6) is 0 Å². The molecule has 0 spiro atoms. The lowest BCUT2D eigenvalue weighted by Gasteiger charge is -2.29. The van der Waals surface area contributed by atoms with E-state index in [1.807, 2.05) is 0 Å². The van der Waals surface area contributed by atoms with Crippen molar-refractivity contribution in [2.24, 2.45) is 23.7 Å². The lowest BCUT2D eigenvalue weighted by atomic mass is 9.78. The number of rotatable bonds is 10. The number of esters is 1. The molecule has 3 atom stereocenters. The molecule has 3 unspecified atom stereocenters. The Balaban J connectivity index is 4.32. The summed E-state index contributed by atoms with van der Waals surface area (Å²) in [7, 11) is 0. The van der Waals surface area contributed by atoms with Gasteiger partial charge in [-0.25, -0.2) is 4.79 Å². The Morgan fingerprint density at radius 3 is 1.95 bits per heavy atom. The summed E-state index contributed by atoms with van der Waals surface area (Å²) in [5.41, 5.74) is 0.482. The minimum absolute atomic E-state index is 0.265. The van der Waals surface area contributed by atoms with E-state index in [4.69, 9.17) is 4.74 Å². The number of ether oxygens (including phenoxy) is 1. The first-order valence-electron chi connectivity index (χ1n) is 8.14. The molecule has 0 aliphatic rings. The van der Waals surface area contributed by atoms with E-state index in [9.17, 15) is 4.79 Å². The van der Waals surface area contributed by atoms with Crippen LogP contribution in [0.25, 0.3) is 0 Å². The minimum atomic E-state index is -0.265. The van der Waals surface area contributed by atoms with Crippen LogP contribution in [0.1, 0.15) is 67.2 Å². The highest BCUT2D eigenvalue weighted by Gasteiger charge is 2.22. The quantitative estimate of drug-likeness (QED) is 0.405. The predicted molar refractivity (Wildman–Crippen MR) is 86.6 cm³/mol. The Bertz CT molecular complexity index is 294. The van der Waals surface area contributed by atoms with Crippen LogP contribution >= 0.6 is 0 Å². The molecule has 2 nitrogen and oxygen atoms in total. The standard InChI is InChI=1S/C18H34O2/c1-8-16(10-13(3)4)17(9-2)11-15(7)12-20-18(19)14(5)6/h13,15-17H,5,8-12H2,1-4,6-7H3. The fraction of sp³-hybridized carbons (Fsp3) is 0.833. The highest BCUT2D eigenvalue weighted by atomic mass is 16.5. The summed E-state index contributed by atoms with van der Waals surface area (Å²) < 4.78 is 5.27. The Labute approximate surface area is 126 Å². The fourth-order valence-corrected chi connectivity index (χ4v) is 2.92. The number of hydrogen-bond acceptors (Lipinski definition) is 2. The molecule has 0 rings (SSSR count). The molecule has 0 aromatic carbocycles. The molecule has 0 radical (unpaired) electrons. The third-order valence-electron chi connectivity index (χ3n) is 4.04. The Kier molecular flexibility index (Phi) is 9.62. The first kappa shape index (κ1) is 19.2. The van der Waals surface area contributed by atoms with Gasteiger partial charge in [0.05, 0.1) is 6.61 Å². The maximum atomic E-state index is 11.4. The van der Waals surface area contributed by atoms with Crippen molar-refractivity contribution in [3.05, 3.63) is 12.2 Å². The van der Waals surface area contributed by atoms with Gasteiger partial charge >= 0.3 is 5.97 Å². The van der Waals surface area contributed by atoms with E-state index in [1.54, 1.807) is 6.92 Å². The number of carbonyl (C=O) groups is 1. The van der Waals surface area contributed by atoms with Gasteiger partial charge in [-0.2, -0.15) is 0 Å². The third-order valence-corrected chi connectivity index (χ3v) is 4.04. The van der Waals surface area contributed by atoms with E-state index < -0.39 is 0 Å². The van der Waals surface area contributed by atoms with Crippen molar-refractivity contribution in [1.82, 2.24) is 0 Å². The van der Waals surface area contributed by atoms with E-state index in [-0.39, 0.29) is 5.97 Å². The van der Waals surface area contributed by atoms with Gasteiger partial charge in [-0.15, -0.1) is 0 Å². The van der Waals surface area contributed by atoms with Gasteiger partial charge in [-0.05, 0) is 43.4 Å². The zero-order valence-electron chi connectivity index (χ0n) is 14.4. The summed E-state index contributed by atoms with van der Waals surface area (Å²) in [6.07, 6.45) is 4.90. The normalized spacial score (nSPS) is 15.8. The van der Waals surface area contributed by atoms with Gasteiger partial charge in [0.25, 0.3) is 0 Å². The first-order chi connectivity index (χ1) is 9.31. The van der Waals surface area contributed by atoms with E-state index in [2.05, 4.69) is 41.2 Å². The van der Waals surface area contributed by atoms with Crippen molar-refractivity contribution in [2.45, 2.75) is 67.2 Å². The van der Waals surface area contributed by atoms with Gasteiger partial charge in [-0.3, -0.25) is 0 Å². The molecule has 0 heterocycles. The summed E-state index contributed by atoms with van der Waals surface area (Å²) in [6.45, 7) is 17.2. The van der Waals surface area contributed by atoms with Crippen molar-refractivity contribution in [3.8, 4) is 0 Å². The van der Waals surface area contributed by atoms with E-state index in [1.165, 1.54) is 19.3 Å². The summed E-state index contributed by atoms with van der Waals surface area (Å²) >= 11 is 0. The highest BCUT2D eigenvalue weighted by molar-refractivity contribution is 5.86. The summed E-state index contributed by atoms with van der Waals surface area (Å²) in [6, 6.07) is 0. The molecule has 0 aromatic heterocycles. The average molecular weight is 282 g/mol. The molecule has 0 amide bonds. The molecule has 0 fully saturated rings. The van der Waals surface area contributed by atoms with E-state index in [0.29, 0.717) is 18.1 Å². The van der Waals surface area contributed by atoms with E-state index >= 15 is 0 Å². The van der Waals surface area contributed by atoms with Crippen LogP contribution in [0.4, 0.5) is 0 Å². The van der Waals surface area contributed by atoms with Crippen LogP contribution in [-0.4, -0.2) is 12.6 Å². The summed E-state index contributed by atoms with van der Waals surface area (Å²) in [5, 5.41) is 0. The lowest BCUT2D eigenvalue weighted by Crippen LogP contribution is -2.21. The molecule has 0 saturated heterocycles. The zero-order valence-corrected chi connectivity index (χ0v) is 14.4. The third kappa shape index (κ3) is 7.72. The SMILES string of the molecule is C=C(C)C(=O)OCC(C)CC(CC)C(CC)CC(C)C. The molecule has 0 N–H and O–H groups in total. The van der Waals surface area contributed by atoms with Gasteiger partial charge in [-0.1, -0.05) is 54.0 Å². The van der Waals surface area contributed by atoms with Gasteiger partial charge in [0, 0.05) is 5.57 Å². The Morgan fingerprint density at radius 2 is 1.55 bits per heavy atom. The first-order valence-corrected chi connectivity index (χ1v) is 8.14. The van der Waals surface area contributed by atoms with Crippen LogP contribution in [0.15, 0.2) is 12.2 Å². The maximum absolute atomic E-state index is 11.4. The molecule has 0 bridgehead atoms. The molecule has 0 aliphatic carbocycles. The van der Waals surface area contributed by atoms with Gasteiger partial charge in [0.15, 0.2) is 0 Å². The van der Waals surface area contributed by atoms with Crippen LogP contribution in [0.3, 0.4) is 0 Å². The number of carbonyl (C=O) groups excluding carboxylic acids is 1. The molecule has 20 heavy (non-hydrogen) atoms. The Hall–Kier alpha value is -0.790. The smallest absolute Gasteiger partial charge is 0.333 e. The van der Waals surface area contributed by atoms with Gasteiger partial charge < -0.3 is 4.74 Å². The molecule has 0 aromatic rings. The van der Waals surface area contributed by atoms with Crippen molar-refractivity contribution in [3.63, 3.8) is 0 Å². The monoisotopic (exact) mass is 282 g/mol. The molecule has 0 saturated carbocycles. The van der Waals surface area contributed by atoms with E-state index in [0.717, 1.165) is 24.2 Å². The van der Waals surface area contributed by atoms with Crippen LogP contribution < -0.4 is 0 Å². The highest BCUT2D eigenvalue weighted by Crippen LogP contribution is 2.31.